The molecule has 1 unspecified atom stereocenters. The topological polar surface area (TPSA) is 30.0 Å². The van der Waals surface area contributed by atoms with Crippen LogP contribution in [-0.2, 0) is 6.42 Å². The minimum atomic E-state index is 0.114. The Labute approximate surface area is 100 Å². The zero-order valence-corrected chi connectivity index (χ0v) is 9.68. The number of carbonyl (C=O) groups is 1. The Hall–Kier alpha value is -1.96. The van der Waals surface area contributed by atoms with Crippen LogP contribution < -0.4 is 0 Å². The molecule has 1 aliphatic rings. The van der Waals surface area contributed by atoms with Crippen molar-refractivity contribution in [1.82, 2.24) is 4.98 Å². The molecule has 17 heavy (non-hydrogen) atoms. The van der Waals surface area contributed by atoms with E-state index < -0.39 is 0 Å². The summed E-state index contributed by atoms with van der Waals surface area (Å²) in [4.78, 5) is 16.1. The lowest BCUT2D eigenvalue weighted by Gasteiger charge is -2.07. The van der Waals surface area contributed by atoms with Gasteiger partial charge < -0.3 is 0 Å². The second-order valence-corrected chi connectivity index (χ2v) is 4.54. The standard InChI is InChI=1S/C15H13NO/c1-10-8-14-12(11-4-3-7-16-9-11)5-2-6-13(14)15(10)17/h2-7,9-10H,8H2,1H3. The molecule has 84 valence electrons. The Balaban J connectivity index is 2.19. The lowest BCUT2D eigenvalue weighted by molar-refractivity contribution is 0.0946. The highest BCUT2D eigenvalue weighted by Crippen LogP contribution is 2.34. The molecule has 0 N–H and O–H groups in total. The van der Waals surface area contributed by atoms with Crippen LogP contribution in [0.2, 0.25) is 0 Å². The first-order valence-corrected chi connectivity index (χ1v) is 5.84. The van der Waals surface area contributed by atoms with E-state index in [4.69, 9.17) is 0 Å². The average molecular weight is 223 g/mol. The van der Waals surface area contributed by atoms with Gasteiger partial charge in [0.05, 0.1) is 0 Å². The first-order chi connectivity index (χ1) is 8.27. The van der Waals surface area contributed by atoms with Gasteiger partial charge in [0.25, 0.3) is 0 Å². The molecule has 0 aliphatic heterocycles. The Morgan fingerprint density at radius 3 is 2.76 bits per heavy atom. The molecule has 1 aliphatic carbocycles. The van der Waals surface area contributed by atoms with E-state index in [2.05, 4.69) is 11.1 Å². The van der Waals surface area contributed by atoms with Crippen LogP contribution in [0, 0.1) is 5.92 Å². The van der Waals surface area contributed by atoms with Gasteiger partial charge in [-0.1, -0.05) is 31.2 Å². The van der Waals surface area contributed by atoms with Crippen LogP contribution >= 0.6 is 0 Å². The van der Waals surface area contributed by atoms with E-state index in [0.29, 0.717) is 0 Å². The number of nitrogens with zero attached hydrogens (tertiary/aromatic N) is 1. The fourth-order valence-corrected chi connectivity index (χ4v) is 2.49. The predicted molar refractivity (Wildman–Crippen MR) is 66.9 cm³/mol. The van der Waals surface area contributed by atoms with Crippen LogP contribution in [0.15, 0.2) is 42.7 Å². The minimum Gasteiger partial charge on any atom is -0.294 e. The summed E-state index contributed by atoms with van der Waals surface area (Å²) in [5, 5.41) is 0. The number of aromatic nitrogens is 1. The molecule has 2 aromatic rings. The van der Waals surface area contributed by atoms with Crippen molar-refractivity contribution in [2.45, 2.75) is 13.3 Å². The van der Waals surface area contributed by atoms with Gasteiger partial charge in [-0.05, 0) is 23.6 Å². The molecule has 2 heteroatoms. The van der Waals surface area contributed by atoms with Gasteiger partial charge >= 0.3 is 0 Å². The largest absolute Gasteiger partial charge is 0.294 e. The highest BCUT2D eigenvalue weighted by molar-refractivity contribution is 6.03. The van der Waals surface area contributed by atoms with Crippen molar-refractivity contribution in [2.75, 3.05) is 0 Å². The van der Waals surface area contributed by atoms with Gasteiger partial charge in [-0.2, -0.15) is 0 Å². The van der Waals surface area contributed by atoms with Crippen LogP contribution in [0.3, 0.4) is 0 Å². The van der Waals surface area contributed by atoms with Crippen molar-refractivity contribution < 1.29 is 4.79 Å². The Bertz CT molecular complexity index is 575. The fourth-order valence-electron chi connectivity index (χ4n) is 2.49. The third-order valence-corrected chi connectivity index (χ3v) is 3.37. The third-order valence-electron chi connectivity index (χ3n) is 3.37. The van der Waals surface area contributed by atoms with Crippen molar-refractivity contribution in [2.24, 2.45) is 5.92 Å². The Morgan fingerprint density at radius 2 is 2.00 bits per heavy atom. The second-order valence-electron chi connectivity index (χ2n) is 4.54. The van der Waals surface area contributed by atoms with Gasteiger partial charge in [0.1, 0.15) is 0 Å². The number of hydrogen-bond donors (Lipinski definition) is 0. The molecule has 0 radical (unpaired) electrons. The SMILES string of the molecule is CC1Cc2c(cccc2-c2cccnc2)C1=O. The summed E-state index contributed by atoms with van der Waals surface area (Å²) in [5.41, 5.74) is 4.30. The van der Waals surface area contributed by atoms with Crippen molar-refractivity contribution in [3.8, 4) is 11.1 Å². The zero-order chi connectivity index (χ0) is 11.8. The summed E-state index contributed by atoms with van der Waals surface area (Å²) in [6.07, 6.45) is 4.46. The highest BCUT2D eigenvalue weighted by atomic mass is 16.1. The van der Waals surface area contributed by atoms with E-state index in [1.54, 1.807) is 6.20 Å². The number of rotatable bonds is 1. The fraction of sp³-hybridized carbons (Fsp3) is 0.200. The van der Waals surface area contributed by atoms with E-state index in [9.17, 15) is 4.79 Å². The van der Waals surface area contributed by atoms with Gasteiger partial charge in [0.2, 0.25) is 0 Å². The Kier molecular flexibility index (Phi) is 2.29. The van der Waals surface area contributed by atoms with Crippen LogP contribution in [0.4, 0.5) is 0 Å². The molecule has 1 aromatic heterocycles. The zero-order valence-electron chi connectivity index (χ0n) is 9.68. The molecule has 1 aromatic carbocycles. The monoisotopic (exact) mass is 223 g/mol. The van der Waals surface area contributed by atoms with E-state index in [-0.39, 0.29) is 11.7 Å². The summed E-state index contributed by atoms with van der Waals surface area (Å²) < 4.78 is 0. The second kappa shape index (κ2) is 3.81. The molecule has 0 saturated heterocycles. The van der Waals surface area contributed by atoms with Gasteiger partial charge in [0, 0.05) is 29.4 Å². The van der Waals surface area contributed by atoms with E-state index in [0.717, 1.165) is 23.1 Å². The molecule has 1 heterocycles. The number of fused-ring (bicyclic) bond motifs is 1. The number of hydrogen-bond acceptors (Lipinski definition) is 2. The molecule has 2 nitrogen and oxygen atoms in total. The first-order valence-electron chi connectivity index (χ1n) is 5.84. The van der Waals surface area contributed by atoms with E-state index >= 15 is 0 Å². The lowest BCUT2D eigenvalue weighted by Crippen LogP contribution is -2.02. The Morgan fingerprint density at radius 1 is 1.18 bits per heavy atom. The summed E-state index contributed by atoms with van der Waals surface area (Å²) in [6, 6.07) is 9.92. The maximum absolute atomic E-state index is 12.0. The number of carbonyl (C=O) groups excluding carboxylic acids is 1. The molecule has 3 rings (SSSR count). The predicted octanol–water partition coefficient (Wildman–Crippen LogP) is 3.12. The number of pyridine rings is 1. The maximum Gasteiger partial charge on any atom is 0.166 e. The smallest absolute Gasteiger partial charge is 0.166 e. The van der Waals surface area contributed by atoms with E-state index in [1.165, 1.54) is 5.56 Å². The summed E-state index contributed by atoms with van der Waals surface area (Å²) in [7, 11) is 0. The summed E-state index contributed by atoms with van der Waals surface area (Å²) in [5.74, 6) is 0.383. The molecule has 0 fully saturated rings. The van der Waals surface area contributed by atoms with Crippen molar-refractivity contribution in [3.63, 3.8) is 0 Å². The molecular formula is C15H13NO. The molecule has 0 saturated carbocycles. The lowest BCUT2D eigenvalue weighted by atomic mass is 9.98. The van der Waals surface area contributed by atoms with Gasteiger partial charge in [-0.25, -0.2) is 0 Å². The first kappa shape index (κ1) is 10.2. The number of Topliss-reactive ketones (excluding diaryl/α,β-unsaturated/α-hetero) is 1. The molecule has 0 bridgehead atoms. The van der Waals surface area contributed by atoms with E-state index in [1.807, 2.05) is 37.4 Å². The van der Waals surface area contributed by atoms with Gasteiger partial charge in [0.15, 0.2) is 5.78 Å². The summed E-state index contributed by atoms with van der Waals surface area (Å²) in [6.45, 7) is 2.00. The minimum absolute atomic E-state index is 0.114. The summed E-state index contributed by atoms with van der Waals surface area (Å²) >= 11 is 0. The van der Waals surface area contributed by atoms with Gasteiger partial charge in [-0.15, -0.1) is 0 Å². The molecule has 1 atom stereocenters. The van der Waals surface area contributed by atoms with Crippen LogP contribution in [0.5, 0.6) is 0 Å². The maximum atomic E-state index is 12.0. The quantitative estimate of drug-likeness (QED) is 0.743. The third kappa shape index (κ3) is 1.57. The molecule has 0 amide bonds. The number of benzene rings is 1. The average Bonchev–Trinajstić information content (AvgIpc) is 2.67. The van der Waals surface area contributed by atoms with Crippen molar-refractivity contribution in [1.29, 1.82) is 0 Å². The van der Waals surface area contributed by atoms with Crippen LogP contribution in [0.1, 0.15) is 22.8 Å². The molecular weight excluding hydrogens is 210 g/mol. The normalized spacial score (nSPS) is 18.2. The van der Waals surface area contributed by atoms with Gasteiger partial charge in [-0.3, -0.25) is 9.78 Å². The highest BCUT2D eigenvalue weighted by Gasteiger charge is 2.28. The van der Waals surface area contributed by atoms with Crippen LogP contribution in [-0.4, -0.2) is 10.8 Å². The van der Waals surface area contributed by atoms with Crippen molar-refractivity contribution in [3.05, 3.63) is 53.9 Å². The molecule has 0 spiro atoms. The number of ketones is 1. The van der Waals surface area contributed by atoms with Crippen molar-refractivity contribution >= 4 is 5.78 Å². The van der Waals surface area contributed by atoms with Crippen LogP contribution in [0.25, 0.3) is 11.1 Å².